The number of amides is 1. The number of nitrogens with one attached hydrogen (secondary N) is 1. The van der Waals surface area contributed by atoms with Gasteiger partial charge in [0.15, 0.2) is 0 Å². The first-order valence-corrected chi connectivity index (χ1v) is 6.64. The van der Waals surface area contributed by atoms with Gasteiger partial charge in [0.2, 0.25) is 5.91 Å². The van der Waals surface area contributed by atoms with Gasteiger partial charge in [0.25, 0.3) is 0 Å². The molecule has 0 spiro atoms. The first-order chi connectivity index (χ1) is 7.56. The lowest BCUT2D eigenvalue weighted by atomic mass is 9.99. The van der Waals surface area contributed by atoms with E-state index in [1.165, 1.54) is 12.8 Å². The Hall–Kier alpha value is -0.570. The summed E-state index contributed by atoms with van der Waals surface area (Å²) in [5.74, 6) is 1.51. The molecular weight excluding hydrogens is 200 g/mol. The van der Waals surface area contributed by atoms with Crippen molar-refractivity contribution >= 4 is 5.91 Å². The second-order valence-electron chi connectivity index (χ2n) is 5.53. The minimum atomic E-state index is 0.0428. The predicted molar refractivity (Wildman–Crippen MR) is 64.9 cm³/mol. The summed E-state index contributed by atoms with van der Waals surface area (Å²) in [6, 6.07) is 0.463. The van der Waals surface area contributed by atoms with E-state index in [9.17, 15) is 4.79 Å². The fraction of sp³-hybridized carbons (Fsp3) is 0.923. The maximum Gasteiger partial charge on any atom is 0.241 e. The van der Waals surface area contributed by atoms with Gasteiger partial charge in [-0.3, -0.25) is 10.1 Å². The van der Waals surface area contributed by atoms with Crippen molar-refractivity contribution in [1.29, 1.82) is 0 Å². The molecule has 16 heavy (non-hydrogen) atoms. The summed E-state index contributed by atoms with van der Waals surface area (Å²) in [5.41, 5.74) is 0. The second-order valence-corrected chi connectivity index (χ2v) is 5.53. The molecule has 2 fully saturated rings. The van der Waals surface area contributed by atoms with E-state index in [1.807, 2.05) is 0 Å². The summed E-state index contributed by atoms with van der Waals surface area (Å²) in [7, 11) is 0. The molecule has 1 N–H and O–H groups in total. The molecule has 0 bridgehead atoms. The van der Waals surface area contributed by atoms with Crippen molar-refractivity contribution in [3.8, 4) is 0 Å². The van der Waals surface area contributed by atoms with Gasteiger partial charge in [0.05, 0.1) is 12.2 Å². The van der Waals surface area contributed by atoms with E-state index in [-0.39, 0.29) is 12.2 Å². The highest BCUT2D eigenvalue weighted by Gasteiger charge is 2.44. The van der Waals surface area contributed by atoms with Crippen LogP contribution in [0.15, 0.2) is 0 Å². The molecule has 0 aromatic carbocycles. The van der Waals surface area contributed by atoms with Crippen LogP contribution in [0.5, 0.6) is 0 Å². The number of hydrogen-bond acceptors (Lipinski definition) is 2. The standard InChI is InChI=1S/C13H24N2O/c1-5-8(2)12-13(16)15(10(4)14-12)9(3)11-6-7-11/h8-12,14H,5-7H2,1-4H3. The van der Waals surface area contributed by atoms with Crippen LogP contribution in [0, 0.1) is 11.8 Å². The average molecular weight is 224 g/mol. The summed E-state index contributed by atoms with van der Waals surface area (Å²) in [4.78, 5) is 14.4. The van der Waals surface area contributed by atoms with Crippen LogP contribution in [0.2, 0.25) is 0 Å². The van der Waals surface area contributed by atoms with Crippen LogP contribution in [0.4, 0.5) is 0 Å². The van der Waals surface area contributed by atoms with E-state index in [1.54, 1.807) is 0 Å². The lowest BCUT2D eigenvalue weighted by molar-refractivity contribution is -0.133. The molecule has 3 nitrogen and oxygen atoms in total. The molecule has 1 aliphatic heterocycles. The van der Waals surface area contributed by atoms with Crippen LogP contribution in [0.1, 0.15) is 47.0 Å². The van der Waals surface area contributed by atoms with Crippen molar-refractivity contribution in [1.82, 2.24) is 10.2 Å². The third-order valence-corrected chi connectivity index (χ3v) is 4.31. The Kier molecular flexibility index (Phi) is 3.24. The minimum absolute atomic E-state index is 0.0428. The third-order valence-electron chi connectivity index (χ3n) is 4.31. The van der Waals surface area contributed by atoms with Crippen LogP contribution in [-0.2, 0) is 4.79 Å². The van der Waals surface area contributed by atoms with Gasteiger partial charge in [-0.1, -0.05) is 20.3 Å². The lowest BCUT2D eigenvalue weighted by Crippen LogP contribution is -2.42. The molecule has 1 aliphatic carbocycles. The van der Waals surface area contributed by atoms with Gasteiger partial charge >= 0.3 is 0 Å². The van der Waals surface area contributed by atoms with Gasteiger partial charge < -0.3 is 4.90 Å². The smallest absolute Gasteiger partial charge is 0.241 e. The molecule has 0 aromatic rings. The van der Waals surface area contributed by atoms with Crippen molar-refractivity contribution in [2.75, 3.05) is 0 Å². The SMILES string of the molecule is CCC(C)C1NC(C)N(C(C)C2CC2)C1=O. The molecule has 4 unspecified atom stereocenters. The first kappa shape index (κ1) is 11.9. The number of rotatable bonds is 4. The Labute approximate surface area is 98.6 Å². The zero-order valence-electron chi connectivity index (χ0n) is 10.9. The Balaban J connectivity index is 2.06. The Bertz CT molecular complexity index is 275. The fourth-order valence-corrected chi connectivity index (χ4v) is 2.77. The fourth-order valence-electron chi connectivity index (χ4n) is 2.77. The van der Waals surface area contributed by atoms with Crippen molar-refractivity contribution in [3.63, 3.8) is 0 Å². The van der Waals surface area contributed by atoms with Crippen molar-refractivity contribution in [2.24, 2.45) is 11.8 Å². The van der Waals surface area contributed by atoms with E-state index in [4.69, 9.17) is 0 Å². The third kappa shape index (κ3) is 1.97. The van der Waals surface area contributed by atoms with Gasteiger partial charge in [-0.2, -0.15) is 0 Å². The molecule has 0 aromatic heterocycles. The van der Waals surface area contributed by atoms with Crippen LogP contribution >= 0.6 is 0 Å². The summed E-state index contributed by atoms with van der Waals surface area (Å²) >= 11 is 0. The Morgan fingerprint density at radius 2 is 2.06 bits per heavy atom. The van der Waals surface area contributed by atoms with E-state index >= 15 is 0 Å². The molecule has 1 heterocycles. The zero-order valence-corrected chi connectivity index (χ0v) is 10.9. The maximum absolute atomic E-state index is 12.4. The minimum Gasteiger partial charge on any atom is -0.323 e. The van der Waals surface area contributed by atoms with Gasteiger partial charge in [0.1, 0.15) is 0 Å². The topological polar surface area (TPSA) is 32.3 Å². The summed E-state index contributed by atoms with van der Waals surface area (Å²) in [6.45, 7) is 8.62. The second kappa shape index (κ2) is 4.36. The monoisotopic (exact) mass is 224 g/mol. The number of hydrogen-bond donors (Lipinski definition) is 1. The zero-order chi connectivity index (χ0) is 11.9. The molecule has 92 valence electrons. The molecule has 0 radical (unpaired) electrons. The quantitative estimate of drug-likeness (QED) is 0.792. The number of nitrogens with zero attached hydrogens (tertiary/aromatic N) is 1. The van der Waals surface area contributed by atoms with Gasteiger partial charge in [-0.05, 0) is 38.5 Å². The molecule has 4 atom stereocenters. The average Bonchev–Trinajstić information content (AvgIpc) is 3.04. The van der Waals surface area contributed by atoms with Crippen LogP contribution in [-0.4, -0.2) is 29.1 Å². The molecule has 1 saturated heterocycles. The van der Waals surface area contributed by atoms with Crippen molar-refractivity contribution in [2.45, 2.75) is 65.2 Å². The van der Waals surface area contributed by atoms with E-state index in [2.05, 4.69) is 37.9 Å². The van der Waals surface area contributed by atoms with Crippen LogP contribution in [0.25, 0.3) is 0 Å². The summed E-state index contributed by atoms with van der Waals surface area (Å²) < 4.78 is 0. The summed E-state index contributed by atoms with van der Waals surface area (Å²) in [5, 5.41) is 3.44. The van der Waals surface area contributed by atoms with E-state index < -0.39 is 0 Å². The molecule has 2 aliphatic rings. The molecule has 2 rings (SSSR count). The summed E-state index contributed by atoms with van der Waals surface area (Å²) in [6.07, 6.45) is 3.86. The van der Waals surface area contributed by atoms with Crippen molar-refractivity contribution in [3.05, 3.63) is 0 Å². The van der Waals surface area contributed by atoms with Gasteiger partial charge in [-0.25, -0.2) is 0 Å². The van der Waals surface area contributed by atoms with Crippen LogP contribution < -0.4 is 5.32 Å². The van der Waals surface area contributed by atoms with E-state index in [0.717, 1.165) is 12.3 Å². The number of carbonyl (C=O) groups excluding carboxylic acids is 1. The lowest BCUT2D eigenvalue weighted by Gasteiger charge is -2.28. The molecule has 1 amide bonds. The highest BCUT2D eigenvalue weighted by Crippen LogP contribution is 2.37. The van der Waals surface area contributed by atoms with E-state index in [0.29, 0.717) is 17.9 Å². The largest absolute Gasteiger partial charge is 0.323 e. The predicted octanol–water partition coefficient (Wildman–Crippen LogP) is 1.98. The Morgan fingerprint density at radius 3 is 2.56 bits per heavy atom. The molecular formula is C13H24N2O. The normalized spacial score (nSPS) is 34.2. The molecule has 3 heteroatoms. The van der Waals surface area contributed by atoms with Gasteiger partial charge in [0, 0.05) is 6.04 Å². The number of carbonyl (C=O) groups is 1. The highest BCUT2D eigenvalue weighted by molar-refractivity contribution is 5.85. The highest BCUT2D eigenvalue weighted by atomic mass is 16.2. The van der Waals surface area contributed by atoms with Gasteiger partial charge in [-0.15, -0.1) is 0 Å². The maximum atomic E-state index is 12.4. The first-order valence-electron chi connectivity index (χ1n) is 6.64. The van der Waals surface area contributed by atoms with Crippen LogP contribution in [0.3, 0.4) is 0 Å². The Morgan fingerprint density at radius 1 is 1.44 bits per heavy atom. The van der Waals surface area contributed by atoms with Crippen molar-refractivity contribution < 1.29 is 4.79 Å². The molecule has 1 saturated carbocycles.